The Morgan fingerprint density at radius 1 is 0.338 bits per heavy atom. The van der Waals surface area contributed by atoms with E-state index >= 15 is 0 Å². The first-order valence-corrected chi connectivity index (χ1v) is 49.6. The van der Waals surface area contributed by atoms with E-state index in [1.54, 1.807) is 114 Å². The molecule has 11 atom stereocenters. The van der Waals surface area contributed by atoms with Crippen molar-refractivity contribution < 1.29 is 54.8 Å². The molecule has 6 aliphatic rings. The van der Waals surface area contributed by atoms with Crippen LogP contribution in [0.3, 0.4) is 0 Å². The minimum atomic E-state index is -0.515. The number of carbonyl (C=O) groups excluding carboxylic acids is 2. The number of hydrogen-bond donors (Lipinski definition) is 7. The fourth-order valence-electron chi connectivity index (χ4n) is 18.3. The number of hydrogen-bond acceptors (Lipinski definition) is 11. The first-order valence-electron chi connectivity index (χ1n) is 49.6. The molecule has 0 radical (unpaired) electrons. The molecular weight excluding hydrogens is 1640 g/mol. The first kappa shape index (κ1) is 107. The molecule has 6 aliphatic carbocycles. The van der Waals surface area contributed by atoms with Crippen LogP contribution in [0.15, 0.2) is 267 Å². The molecule has 0 aliphatic heterocycles. The monoisotopic (exact) mass is 1800 g/mol. The third kappa shape index (κ3) is 31.1. The van der Waals surface area contributed by atoms with Crippen LogP contribution < -0.4 is 9.47 Å². The van der Waals surface area contributed by atoms with Gasteiger partial charge in [0, 0.05) is 10.8 Å². The van der Waals surface area contributed by atoms with Crippen molar-refractivity contribution in [2.45, 2.75) is 301 Å². The van der Waals surface area contributed by atoms with Crippen LogP contribution in [0.4, 0.5) is 0 Å². The summed E-state index contributed by atoms with van der Waals surface area (Å²) >= 11 is 0. The van der Waals surface area contributed by atoms with Gasteiger partial charge in [0.15, 0.2) is 0 Å². The summed E-state index contributed by atoms with van der Waals surface area (Å²) in [5.41, 5.74) is 14.6. The number of phenols is 7. The van der Waals surface area contributed by atoms with Gasteiger partial charge in [0.2, 0.25) is 0 Å². The van der Waals surface area contributed by atoms with E-state index < -0.39 is 5.41 Å². The zero-order valence-electron chi connectivity index (χ0n) is 83.9. The summed E-state index contributed by atoms with van der Waals surface area (Å²) in [6.45, 7) is 45.5. The Bertz CT molecular complexity index is 4970. The lowest BCUT2D eigenvalue weighted by Gasteiger charge is -2.55. The molecule has 11 nitrogen and oxygen atoms in total. The quantitative estimate of drug-likeness (QED) is 0.0301. The molecule has 0 amide bonds. The van der Waals surface area contributed by atoms with Crippen LogP contribution in [-0.2, 0) is 16.0 Å². The highest BCUT2D eigenvalue weighted by Gasteiger charge is 2.56. The molecule has 7 N–H and O–H groups in total. The summed E-state index contributed by atoms with van der Waals surface area (Å²) in [6.07, 6.45) is 17.3. The number of rotatable bonds is 19. The molecule has 18 rings (SSSR count). The van der Waals surface area contributed by atoms with Crippen LogP contribution >= 0.6 is 0 Å². The molecule has 4 saturated carbocycles. The number of ether oxygens (including phenoxy) is 2. The molecule has 0 heterocycles. The third-order valence-corrected chi connectivity index (χ3v) is 29.3. The van der Waals surface area contributed by atoms with Gasteiger partial charge >= 0.3 is 11.9 Å². The van der Waals surface area contributed by atoms with Gasteiger partial charge in [-0.2, -0.15) is 0 Å². The van der Waals surface area contributed by atoms with Gasteiger partial charge in [-0.1, -0.05) is 301 Å². The normalized spacial score (nSPS) is 19.2. The Kier molecular flexibility index (Phi) is 42.2. The van der Waals surface area contributed by atoms with Crippen LogP contribution in [0.5, 0.6) is 51.7 Å². The standard InChI is InChI=1S/C21H28O2.C16H18O3.C14H14.C11H14.6C10H14O/c1-3-14(2)18-4-6-19(7-5-18)23-20(22)21-11-15-8-16(12-21)10-17(9-15)13-21;1-4-16(2,3)15(18)19-14-10-6-7-11-12(14)8-5-9-13(11)17;1-9-10(2)13-8-4-6-11-5-3-7-12(9)14(11)13;1-8-7-10-5-3-4-6-11(10)9(8)2;6*1-3-8(2)9-4-6-10(11)7-5-9/h4-7,14-17H,3,8-13H2,1-2H3;5-10,17H,4H2,1-3H3;3-10H,1-2H3;3-6,8-9H,7H2,1-2H3;6*4-8,11H,3H2,1-2H3. The van der Waals surface area contributed by atoms with Crippen LogP contribution in [-0.4, -0.2) is 47.7 Å². The second-order valence-corrected chi connectivity index (χ2v) is 39.2. The Morgan fingerprint density at radius 2 is 0.632 bits per heavy atom. The summed E-state index contributed by atoms with van der Waals surface area (Å²) in [6, 6.07) is 85.4. The van der Waals surface area contributed by atoms with Gasteiger partial charge < -0.3 is 45.2 Å². The molecule has 0 saturated heterocycles. The highest BCUT2D eigenvalue weighted by atomic mass is 16.5. The maximum absolute atomic E-state index is 12.9. The van der Waals surface area contributed by atoms with Crippen molar-refractivity contribution in [3.63, 3.8) is 0 Å². The molecule has 0 aromatic heterocycles. The highest BCUT2D eigenvalue weighted by Crippen LogP contribution is 2.60. The largest absolute Gasteiger partial charge is 0.508 e. The summed E-state index contributed by atoms with van der Waals surface area (Å²) in [5, 5.41) is 68.2. The highest BCUT2D eigenvalue weighted by molar-refractivity contribution is 5.95. The molecule has 11 unspecified atom stereocenters. The molecule has 0 spiro atoms. The number of fused-ring (bicyclic) bond motifs is 2. The van der Waals surface area contributed by atoms with Gasteiger partial charge in [0.25, 0.3) is 0 Å². The molecule has 12 aromatic rings. The molecule has 4 bridgehead atoms. The fraction of sp³-hybridized carbons (Fsp3) is 0.426. The van der Waals surface area contributed by atoms with Crippen molar-refractivity contribution in [3.8, 4) is 51.7 Å². The van der Waals surface area contributed by atoms with E-state index in [0.29, 0.717) is 105 Å². The van der Waals surface area contributed by atoms with Gasteiger partial charge in [-0.05, 0) is 362 Å². The summed E-state index contributed by atoms with van der Waals surface area (Å²) < 4.78 is 11.3. The van der Waals surface area contributed by atoms with Crippen LogP contribution in [0.25, 0.3) is 21.5 Å². The van der Waals surface area contributed by atoms with Gasteiger partial charge in [-0.15, -0.1) is 0 Å². The molecule has 133 heavy (non-hydrogen) atoms. The van der Waals surface area contributed by atoms with Crippen molar-refractivity contribution in [3.05, 3.63) is 328 Å². The van der Waals surface area contributed by atoms with E-state index in [1.165, 1.54) is 86.5 Å². The molecular formula is C122H158O11. The zero-order valence-corrected chi connectivity index (χ0v) is 83.9. The lowest BCUT2D eigenvalue weighted by atomic mass is 9.49. The fourth-order valence-corrected chi connectivity index (χ4v) is 18.3. The topological polar surface area (TPSA) is 194 Å². The van der Waals surface area contributed by atoms with Crippen LogP contribution in [0.2, 0.25) is 0 Å². The van der Waals surface area contributed by atoms with Crippen molar-refractivity contribution >= 4 is 33.5 Å². The molecule has 12 aromatic carbocycles. The first-order chi connectivity index (χ1) is 63.5. The number of esters is 2. The van der Waals surface area contributed by atoms with Crippen molar-refractivity contribution in [2.24, 2.45) is 34.5 Å². The number of benzene rings is 12. The van der Waals surface area contributed by atoms with Crippen molar-refractivity contribution in [2.75, 3.05) is 0 Å². The lowest BCUT2D eigenvalue weighted by Crippen LogP contribution is -2.51. The third-order valence-electron chi connectivity index (χ3n) is 29.3. The minimum absolute atomic E-state index is 0.0490. The van der Waals surface area contributed by atoms with Gasteiger partial charge in [0.05, 0.1) is 10.8 Å². The summed E-state index contributed by atoms with van der Waals surface area (Å²) in [7, 11) is 0. The van der Waals surface area contributed by atoms with E-state index in [4.69, 9.17) is 40.1 Å². The SMILES string of the molecule is CC1Cc2ccccc2C1C.CC1c2cccc3cccc(c23)C1C.CCC(C)(C)C(=O)Oc1cccc2c(O)cccc12.CCC(C)c1ccc(O)cc1.CCC(C)c1ccc(O)cc1.CCC(C)c1ccc(O)cc1.CCC(C)c1ccc(O)cc1.CCC(C)c1ccc(O)cc1.CCC(C)c1ccc(O)cc1.CCC(C)c1ccc(OC(=O)C23CC4CC(CC(C4)C2)C3)cc1. The molecule has 712 valence electrons. The Morgan fingerprint density at radius 3 is 0.947 bits per heavy atom. The smallest absolute Gasteiger partial charge is 0.317 e. The molecule has 4 fully saturated rings. The second-order valence-electron chi connectivity index (χ2n) is 39.2. The van der Waals surface area contributed by atoms with Crippen LogP contribution in [0.1, 0.15) is 356 Å². The van der Waals surface area contributed by atoms with Crippen molar-refractivity contribution in [1.29, 1.82) is 0 Å². The zero-order chi connectivity index (χ0) is 97.2. The van der Waals surface area contributed by atoms with E-state index in [1.807, 2.05) is 112 Å². The average Bonchev–Trinajstić information content (AvgIpc) is 1.74. The maximum atomic E-state index is 12.9. The summed E-state index contributed by atoms with van der Waals surface area (Å²) in [5.74, 6) is 12.7. The Balaban J connectivity index is 0.000000184. The minimum Gasteiger partial charge on any atom is -0.508 e. The van der Waals surface area contributed by atoms with Gasteiger partial charge in [0.1, 0.15) is 51.7 Å². The number of carbonyl (C=O) groups is 2. The van der Waals surface area contributed by atoms with E-state index in [2.05, 4.69) is 197 Å². The lowest BCUT2D eigenvalue weighted by molar-refractivity contribution is -0.161. The predicted octanol–water partition coefficient (Wildman–Crippen LogP) is 33.7. The second kappa shape index (κ2) is 52.4. The Labute approximate surface area is 798 Å². The number of phenolic OH excluding ortho intramolecular Hbond substituents is 7. The van der Waals surface area contributed by atoms with Crippen molar-refractivity contribution in [1.82, 2.24) is 0 Å². The summed E-state index contributed by atoms with van der Waals surface area (Å²) in [4.78, 5) is 25.0. The van der Waals surface area contributed by atoms with Crippen LogP contribution in [0, 0.1) is 34.5 Å². The molecule has 11 heteroatoms. The maximum Gasteiger partial charge on any atom is 0.317 e. The number of aromatic hydroxyl groups is 7. The van der Waals surface area contributed by atoms with Gasteiger partial charge in [-0.3, -0.25) is 9.59 Å². The predicted molar refractivity (Wildman–Crippen MR) is 556 cm³/mol. The van der Waals surface area contributed by atoms with E-state index in [0.717, 1.165) is 105 Å². The average molecular weight is 1800 g/mol. The Hall–Kier alpha value is -11.3. The van der Waals surface area contributed by atoms with E-state index in [9.17, 15) is 14.7 Å². The van der Waals surface area contributed by atoms with E-state index in [-0.39, 0.29) is 23.1 Å². The van der Waals surface area contributed by atoms with Gasteiger partial charge in [-0.25, -0.2) is 0 Å².